The van der Waals surface area contributed by atoms with Gasteiger partial charge in [0.25, 0.3) is 0 Å². The van der Waals surface area contributed by atoms with E-state index < -0.39 is 10.0 Å². The van der Waals surface area contributed by atoms with Gasteiger partial charge in [0.05, 0.1) is 10.4 Å². The van der Waals surface area contributed by atoms with Crippen molar-refractivity contribution in [1.29, 1.82) is 0 Å². The fourth-order valence-corrected chi connectivity index (χ4v) is 5.37. The Bertz CT molecular complexity index is 1210. The van der Waals surface area contributed by atoms with Crippen molar-refractivity contribution in [2.75, 3.05) is 18.4 Å². The molecule has 0 atom stereocenters. The lowest BCUT2D eigenvalue weighted by atomic mass is 10.1. The van der Waals surface area contributed by atoms with E-state index in [1.165, 1.54) is 4.31 Å². The van der Waals surface area contributed by atoms with Gasteiger partial charge in [-0.05, 0) is 68.5 Å². The number of aromatic nitrogens is 3. The minimum Gasteiger partial charge on any atom is -0.326 e. The largest absolute Gasteiger partial charge is 0.326 e. The average Bonchev–Trinajstić information content (AvgIpc) is 3.41. The molecule has 0 spiro atoms. The predicted octanol–water partition coefficient (Wildman–Crippen LogP) is 3.25. The first-order valence-electron chi connectivity index (χ1n) is 10.5. The first-order valence-corrected chi connectivity index (χ1v) is 12.0. The van der Waals surface area contributed by atoms with Gasteiger partial charge in [-0.25, -0.2) is 13.1 Å². The molecule has 31 heavy (non-hydrogen) atoms. The van der Waals surface area contributed by atoms with Crippen LogP contribution in [0.4, 0.5) is 5.69 Å². The SMILES string of the molecule is Cc1ccc(C)c(NC(=O)CCCn2nnc3cc(S(=O)(=O)N4CCCC4)ccc32)c1. The van der Waals surface area contributed by atoms with Crippen molar-refractivity contribution in [1.82, 2.24) is 19.3 Å². The third kappa shape index (κ3) is 4.62. The van der Waals surface area contributed by atoms with Crippen LogP contribution in [0.5, 0.6) is 0 Å². The van der Waals surface area contributed by atoms with Crippen molar-refractivity contribution in [2.24, 2.45) is 0 Å². The molecule has 3 aromatic rings. The number of carbonyl (C=O) groups is 1. The van der Waals surface area contributed by atoms with Crippen LogP contribution in [0.1, 0.15) is 36.8 Å². The second-order valence-corrected chi connectivity index (χ2v) is 9.98. The third-order valence-electron chi connectivity index (χ3n) is 5.63. The minimum absolute atomic E-state index is 0.0443. The number of amides is 1. The summed E-state index contributed by atoms with van der Waals surface area (Å²) in [6, 6.07) is 10.9. The highest BCUT2D eigenvalue weighted by molar-refractivity contribution is 7.89. The van der Waals surface area contributed by atoms with E-state index in [0.717, 1.165) is 35.2 Å². The summed E-state index contributed by atoms with van der Waals surface area (Å²) >= 11 is 0. The van der Waals surface area contributed by atoms with Crippen molar-refractivity contribution in [3.63, 3.8) is 0 Å². The zero-order valence-electron chi connectivity index (χ0n) is 17.8. The second kappa shape index (κ2) is 8.76. The Balaban J connectivity index is 1.39. The topological polar surface area (TPSA) is 97.2 Å². The van der Waals surface area contributed by atoms with E-state index in [1.807, 2.05) is 32.0 Å². The Labute approximate surface area is 182 Å². The lowest BCUT2D eigenvalue weighted by molar-refractivity contribution is -0.116. The van der Waals surface area contributed by atoms with E-state index in [4.69, 9.17) is 0 Å². The number of benzene rings is 2. The Morgan fingerprint density at radius 3 is 2.65 bits per heavy atom. The van der Waals surface area contributed by atoms with Gasteiger partial charge in [0.15, 0.2) is 0 Å². The molecule has 4 rings (SSSR count). The molecule has 8 nitrogen and oxygen atoms in total. The Kier molecular flexibility index (Phi) is 6.06. The number of hydrogen-bond donors (Lipinski definition) is 1. The molecular weight excluding hydrogens is 414 g/mol. The molecule has 0 radical (unpaired) electrons. The van der Waals surface area contributed by atoms with Gasteiger partial charge in [0.2, 0.25) is 15.9 Å². The number of sulfonamides is 1. The number of rotatable bonds is 7. The summed E-state index contributed by atoms with van der Waals surface area (Å²) in [4.78, 5) is 12.6. The zero-order chi connectivity index (χ0) is 22.0. The molecule has 0 bridgehead atoms. The lowest BCUT2D eigenvalue weighted by Gasteiger charge is -2.15. The molecule has 1 fully saturated rings. The van der Waals surface area contributed by atoms with Gasteiger partial charge in [0, 0.05) is 31.7 Å². The number of anilines is 1. The Morgan fingerprint density at radius 1 is 1.10 bits per heavy atom. The maximum Gasteiger partial charge on any atom is 0.243 e. The molecule has 1 aromatic heterocycles. The fraction of sp³-hybridized carbons (Fsp3) is 0.409. The van der Waals surface area contributed by atoms with E-state index >= 15 is 0 Å². The van der Waals surface area contributed by atoms with Gasteiger partial charge in [-0.1, -0.05) is 17.3 Å². The zero-order valence-corrected chi connectivity index (χ0v) is 18.7. The van der Waals surface area contributed by atoms with Crippen LogP contribution in [0, 0.1) is 13.8 Å². The molecule has 0 unspecified atom stereocenters. The van der Waals surface area contributed by atoms with Gasteiger partial charge in [-0.15, -0.1) is 5.10 Å². The van der Waals surface area contributed by atoms with E-state index in [2.05, 4.69) is 15.6 Å². The summed E-state index contributed by atoms with van der Waals surface area (Å²) in [5, 5.41) is 11.2. The maximum absolute atomic E-state index is 12.8. The molecule has 9 heteroatoms. The predicted molar refractivity (Wildman–Crippen MR) is 119 cm³/mol. The summed E-state index contributed by atoms with van der Waals surface area (Å²) in [7, 11) is -3.48. The van der Waals surface area contributed by atoms with Crippen LogP contribution in [0.3, 0.4) is 0 Å². The second-order valence-electron chi connectivity index (χ2n) is 8.04. The van der Waals surface area contributed by atoms with Gasteiger partial charge in [-0.3, -0.25) is 4.79 Å². The van der Waals surface area contributed by atoms with Crippen molar-refractivity contribution < 1.29 is 13.2 Å². The summed E-state index contributed by atoms with van der Waals surface area (Å²) < 4.78 is 28.7. The van der Waals surface area contributed by atoms with Crippen molar-refractivity contribution in [3.8, 4) is 0 Å². The number of nitrogens with one attached hydrogen (secondary N) is 1. The van der Waals surface area contributed by atoms with Crippen LogP contribution >= 0.6 is 0 Å². The Hall–Kier alpha value is -2.78. The summed E-state index contributed by atoms with van der Waals surface area (Å²) in [5.41, 5.74) is 4.26. The van der Waals surface area contributed by atoms with Crippen LogP contribution in [-0.4, -0.2) is 46.7 Å². The number of hydrogen-bond acceptors (Lipinski definition) is 5. The van der Waals surface area contributed by atoms with E-state index in [9.17, 15) is 13.2 Å². The smallest absolute Gasteiger partial charge is 0.243 e. The van der Waals surface area contributed by atoms with Crippen molar-refractivity contribution in [3.05, 3.63) is 47.5 Å². The Morgan fingerprint density at radius 2 is 1.87 bits per heavy atom. The quantitative estimate of drug-likeness (QED) is 0.607. The molecule has 1 aliphatic heterocycles. The van der Waals surface area contributed by atoms with Crippen LogP contribution < -0.4 is 5.32 Å². The van der Waals surface area contributed by atoms with E-state index in [-0.39, 0.29) is 10.8 Å². The summed E-state index contributed by atoms with van der Waals surface area (Å²) in [5.74, 6) is -0.0443. The fourth-order valence-electron chi connectivity index (χ4n) is 3.83. The van der Waals surface area contributed by atoms with Gasteiger partial charge < -0.3 is 5.32 Å². The van der Waals surface area contributed by atoms with Crippen LogP contribution in [0.2, 0.25) is 0 Å². The number of carbonyl (C=O) groups excluding carboxylic acids is 1. The molecule has 164 valence electrons. The van der Waals surface area contributed by atoms with E-state index in [0.29, 0.717) is 38.0 Å². The van der Waals surface area contributed by atoms with Crippen molar-refractivity contribution >= 4 is 32.7 Å². The van der Waals surface area contributed by atoms with Crippen LogP contribution in [0.15, 0.2) is 41.3 Å². The highest BCUT2D eigenvalue weighted by Gasteiger charge is 2.27. The number of nitrogens with zero attached hydrogens (tertiary/aromatic N) is 4. The van der Waals surface area contributed by atoms with Crippen LogP contribution in [0.25, 0.3) is 11.0 Å². The van der Waals surface area contributed by atoms with E-state index in [1.54, 1.807) is 22.9 Å². The highest BCUT2D eigenvalue weighted by atomic mass is 32.2. The first kappa shape index (κ1) is 21.5. The molecule has 1 N–H and O–H groups in total. The standard InChI is InChI=1S/C22H27N5O3S/c1-16-7-8-17(2)19(14-16)23-22(28)6-5-13-27-21-10-9-18(15-20(21)24-25-27)31(29,30)26-11-3-4-12-26/h7-10,14-15H,3-6,11-13H2,1-2H3,(H,23,28). The average molecular weight is 442 g/mol. The molecule has 1 amide bonds. The first-order chi connectivity index (χ1) is 14.8. The monoisotopic (exact) mass is 441 g/mol. The number of aryl methyl sites for hydroxylation is 3. The normalized spacial score (nSPS) is 14.9. The van der Waals surface area contributed by atoms with Crippen LogP contribution in [-0.2, 0) is 21.4 Å². The summed E-state index contributed by atoms with van der Waals surface area (Å²) in [6.07, 6.45) is 2.75. The van der Waals surface area contributed by atoms with Gasteiger partial charge in [-0.2, -0.15) is 4.31 Å². The molecule has 2 heterocycles. The lowest BCUT2D eigenvalue weighted by Crippen LogP contribution is -2.27. The molecule has 0 saturated carbocycles. The molecule has 1 saturated heterocycles. The third-order valence-corrected chi connectivity index (χ3v) is 7.52. The highest BCUT2D eigenvalue weighted by Crippen LogP contribution is 2.24. The van der Waals surface area contributed by atoms with Gasteiger partial charge >= 0.3 is 0 Å². The molecule has 1 aliphatic rings. The molecule has 2 aromatic carbocycles. The molecule has 0 aliphatic carbocycles. The van der Waals surface area contributed by atoms with Crippen molar-refractivity contribution in [2.45, 2.75) is 51.0 Å². The minimum atomic E-state index is -3.48. The maximum atomic E-state index is 12.8. The summed E-state index contributed by atoms with van der Waals surface area (Å²) in [6.45, 7) is 5.62. The van der Waals surface area contributed by atoms with Gasteiger partial charge in [0.1, 0.15) is 5.52 Å². The molecular formula is C22H27N5O3S. The number of fused-ring (bicyclic) bond motifs is 1.